The molecule has 0 saturated heterocycles. The molecule has 1 unspecified atom stereocenters. The number of benzene rings is 2. The molecular formula is C21H27ClN3O2+. The van der Waals surface area contributed by atoms with Crippen molar-refractivity contribution in [3.8, 4) is 0 Å². The van der Waals surface area contributed by atoms with Crippen molar-refractivity contribution >= 4 is 29.1 Å². The van der Waals surface area contributed by atoms with Crippen LogP contribution in [0.4, 0.5) is 5.69 Å². The van der Waals surface area contributed by atoms with E-state index in [1.165, 1.54) is 0 Å². The number of likely N-dealkylation sites (N-methyl/N-ethyl adjacent to an activating group) is 2. The molecule has 0 heterocycles. The van der Waals surface area contributed by atoms with Crippen molar-refractivity contribution < 1.29 is 14.5 Å². The molecule has 0 aromatic heterocycles. The van der Waals surface area contributed by atoms with Gasteiger partial charge in [-0.25, -0.2) is 0 Å². The third kappa shape index (κ3) is 5.81. The normalized spacial score (nSPS) is 12.9. The quantitative estimate of drug-likeness (QED) is 0.650. The number of rotatable bonds is 8. The summed E-state index contributed by atoms with van der Waals surface area (Å²) in [6, 6.07) is 14.5. The zero-order chi connectivity index (χ0) is 19.8. The molecule has 0 radical (unpaired) electrons. The molecule has 0 spiro atoms. The molecule has 144 valence electrons. The highest BCUT2D eigenvalue weighted by Crippen LogP contribution is 2.21. The van der Waals surface area contributed by atoms with Crippen LogP contribution < -0.4 is 15.5 Å². The van der Waals surface area contributed by atoms with Crippen LogP contribution in [0.3, 0.4) is 0 Å². The molecule has 2 aromatic carbocycles. The molecule has 2 atom stereocenters. The topological polar surface area (TPSA) is 62.6 Å². The number of amides is 2. The number of hydrogen-bond donors (Lipinski definition) is 3. The number of nitrogens with one attached hydrogen (secondary N) is 3. The van der Waals surface area contributed by atoms with Crippen LogP contribution in [0.5, 0.6) is 0 Å². The molecule has 6 heteroatoms. The monoisotopic (exact) mass is 388 g/mol. The van der Waals surface area contributed by atoms with E-state index in [4.69, 9.17) is 11.6 Å². The maximum Gasteiger partial charge on any atom is 0.287 e. The van der Waals surface area contributed by atoms with Crippen LogP contribution in [0.2, 0.25) is 5.02 Å². The Hall–Kier alpha value is -2.37. The van der Waals surface area contributed by atoms with Gasteiger partial charge in [-0.2, -0.15) is 0 Å². The van der Waals surface area contributed by atoms with Gasteiger partial charge in [-0.15, -0.1) is 0 Å². The Morgan fingerprint density at radius 1 is 1.11 bits per heavy atom. The molecule has 0 bridgehead atoms. The number of halogens is 1. The average Bonchev–Trinajstić information content (AvgIpc) is 2.65. The summed E-state index contributed by atoms with van der Waals surface area (Å²) < 4.78 is 0. The lowest BCUT2D eigenvalue weighted by atomic mass is 10.0. The molecule has 0 fully saturated rings. The lowest BCUT2D eigenvalue weighted by molar-refractivity contribution is -0.912. The minimum absolute atomic E-state index is 0.0681. The van der Waals surface area contributed by atoms with E-state index in [0.29, 0.717) is 23.8 Å². The number of carbonyl (C=O) groups excluding carboxylic acids is 2. The van der Waals surface area contributed by atoms with Crippen molar-refractivity contribution in [3.05, 3.63) is 64.7 Å². The molecule has 27 heavy (non-hydrogen) atoms. The second-order valence-corrected chi connectivity index (χ2v) is 6.85. The van der Waals surface area contributed by atoms with Gasteiger partial charge in [-0.3, -0.25) is 9.59 Å². The summed E-state index contributed by atoms with van der Waals surface area (Å²) in [6.45, 7) is 7.20. The van der Waals surface area contributed by atoms with E-state index < -0.39 is 6.04 Å². The summed E-state index contributed by atoms with van der Waals surface area (Å²) in [7, 11) is 0. The second kappa shape index (κ2) is 10.1. The smallest absolute Gasteiger partial charge is 0.287 e. The third-order valence-electron chi connectivity index (χ3n) is 4.46. The van der Waals surface area contributed by atoms with Gasteiger partial charge in [0, 0.05) is 22.8 Å². The number of anilines is 1. The summed E-state index contributed by atoms with van der Waals surface area (Å²) in [4.78, 5) is 26.2. The fraction of sp³-hybridized carbons (Fsp3) is 0.333. The number of carbonyl (C=O) groups is 2. The van der Waals surface area contributed by atoms with Crippen LogP contribution in [-0.4, -0.2) is 31.4 Å². The summed E-state index contributed by atoms with van der Waals surface area (Å²) in [6.07, 6.45) is 0. The predicted octanol–water partition coefficient (Wildman–Crippen LogP) is 2.37. The van der Waals surface area contributed by atoms with Crippen LogP contribution in [0.15, 0.2) is 48.5 Å². The van der Waals surface area contributed by atoms with Gasteiger partial charge in [0.05, 0.1) is 6.54 Å². The highest BCUT2D eigenvalue weighted by molar-refractivity contribution is 6.31. The Labute approximate surface area is 165 Å². The molecule has 2 rings (SSSR count). The van der Waals surface area contributed by atoms with Gasteiger partial charge in [0.15, 0.2) is 12.6 Å². The fourth-order valence-corrected chi connectivity index (χ4v) is 3.18. The minimum atomic E-state index is -0.501. The van der Waals surface area contributed by atoms with Crippen LogP contribution in [0.25, 0.3) is 0 Å². The predicted molar refractivity (Wildman–Crippen MR) is 109 cm³/mol. The highest BCUT2D eigenvalue weighted by atomic mass is 35.5. The largest absolute Gasteiger partial charge is 0.351 e. The first-order valence-electron chi connectivity index (χ1n) is 9.19. The number of hydrogen-bond acceptors (Lipinski definition) is 2. The van der Waals surface area contributed by atoms with Crippen molar-refractivity contribution in [3.63, 3.8) is 0 Å². The Morgan fingerprint density at radius 2 is 1.81 bits per heavy atom. The zero-order valence-corrected chi connectivity index (χ0v) is 16.8. The van der Waals surface area contributed by atoms with Gasteiger partial charge in [0.2, 0.25) is 0 Å². The average molecular weight is 389 g/mol. The number of aryl methyl sites for hydroxylation is 1. The maximum absolute atomic E-state index is 13.1. The van der Waals surface area contributed by atoms with E-state index in [1.54, 1.807) is 6.07 Å². The molecule has 2 amide bonds. The van der Waals surface area contributed by atoms with E-state index in [9.17, 15) is 9.59 Å². The molecule has 0 aliphatic carbocycles. The molecule has 0 aliphatic rings. The van der Waals surface area contributed by atoms with Crippen LogP contribution in [0.1, 0.15) is 31.0 Å². The zero-order valence-electron chi connectivity index (χ0n) is 16.0. The van der Waals surface area contributed by atoms with Gasteiger partial charge in [0.1, 0.15) is 0 Å². The third-order valence-corrected chi connectivity index (χ3v) is 4.87. The van der Waals surface area contributed by atoms with E-state index in [1.807, 2.05) is 63.2 Å². The van der Waals surface area contributed by atoms with E-state index in [-0.39, 0.29) is 18.4 Å². The van der Waals surface area contributed by atoms with E-state index in [2.05, 4.69) is 10.6 Å². The Bertz CT molecular complexity index is 780. The molecule has 5 nitrogen and oxygen atoms in total. The summed E-state index contributed by atoms with van der Waals surface area (Å²) in [5.41, 5.74) is 2.46. The van der Waals surface area contributed by atoms with Gasteiger partial charge >= 0.3 is 0 Å². The Morgan fingerprint density at radius 3 is 2.41 bits per heavy atom. The van der Waals surface area contributed by atoms with E-state index in [0.717, 1.165) is 16.0 Å². The Kier molecular flexibility index (Phi) is 7.82. The van der Waals surface area contributed by atoms with Crippen molar-refractivity contribution in [2.45, 2.75) is 26.8 Å². The van der Waals surface area contributed by atoms with Crippen molar-refractivity contribution in [1.82, 2.24) is 5.32 Å². The van der Waals surface area contributed by atoms with Gasteiger partial charge in [-0.05, 0) is 38.5 Å². The van der Waals surface area contributed by atoms with E-state index >= 15 is 0 Å². The van der Waals surface area contributed by atoms with Crippen LogP contribution >= 0.6 is 11.6 Å². The van der Waals surface area contributed by atoms with Crippen LogP contribution in [-0.2, 0) is 9.59 Å². The summed E-state index contributed by atoms with van der Waals surface area (Å²) >= 11 is 6.18. The van der Waals surface area contributed by atoms with Gasteiger partial charge in [0.25, 0.3) is 11.8 Å². The van der Waals surface area contributed by atoms with Crippen molar-refractivity contribution in [1.29, 1.82) is 0 Å². The first-order valence-corrected chi connectivity index (χ1v) is 9.57. The molecule has 0 aliphatic heterocycles. The second-order valence-electron chi connectivity index (χ2n) is 6.44. The summed E-state index contributed by atoms with van der Waals surface area (Å²) in [5.74, 6) is -0.233. The molecule has 3 N–H and O–H groups in total. The lowest BCUT2D eigenvalue weighted by Gasteiger charge is -2.26. The fourth-order valence-electron chi connectivity index (χ4n) is 3.00. The van der Waals surface area contributed by atoms with Crippen molar-refractivity contribution in [2.24, 2.45) is 0 Å². The Balaban J connectivity index is 2.29. The summed E-state index contributed by atoms with van der Waals surface area (Å²) in [5, 5.41) is 6.37. The highest BCUT2D eigenvalue weighted by Gasteiger charge is 2.32. The van der Waals surface area contributed by atoms with Crippen LogP contribution in [0, 0.1) is 6.92 Å². The standard InChI is InChI=1S/C21H26ClN3O2/c1-4-23-19(26)14-25(5-2)20(16-9-7-6-8-10-16)21(27)24-17-12-11-15(3)18(22)13-17/h6-13,20H,4-5,14H2,1-3H3,(H,23,26)(H,24,27)/p+1/t20-/m1/s1. The molecule has 0 saturated carbocycles. The van der Waals surface area contributed by atoms with Crippen molar-refractivity contribution in [2.75, 3.05) is 25.0 Å². The minimum Gasteiger partial charge on any atom is -0.351 e. The first-order chi connectivity index (χ1) is 13.0. The van der Waals surface area contributed by atoms with Gasteiger partial charge in [-0.1, -0.05) is 48.0 Å². The molecule has 2 aromatic rings. The SMILES string of the molecule is CCNC(=O)C[NH+](CC)[C@@H](C(=O)Nc1ccc(C)c(Cl)c1)c1ccccc1. The van der Waals surface area contributed by atoms with Gasteiger partial charge < -0.3 is 15.5 Å². The molecular weight excluding hydrogens is 362 g/mol. The number of quaternary nitrogens is 1. The lowest BCUT2D eigenvalue weighted by Crippen LogP contribution is -3.14. The first kappa shape index (κ1) is 20.9. The maximum atomic E-state index is 13.1.